The van der Waals surface area contributed by atoms with Crippen molar-refractivity contribution in [2.24, 2.45) is 0 Å². The summed E-state index contributed by atoms with van der Waals surface area (Å²) >= 11 is 6.01. The van der Waals surface area contributed by atoms with Crippen molar-refractivity contribution in [3.8, 4) is 11.5 Å². The van der Waals surface area contributed by atoms with Gasteiger partial charge >= 0.3 is 12.1 Å². The van der Waals surface area contributed by atoms with Crippen molar-refractivity contribution in [1.29, 1.82) is 0 Å². The SMILES string of the molecule is C=C(N(CC)CCN(C)C)N(Cc1ccc(-c2nnc(C(F)(F)F)o2)cc1F)c1ccc(F)c(Cl)c1. The maximum Gasteiger partial charge on any atom is 0.470 e. The minimum atomic E-state index is -4.81. The molecule has 0 N–H and O–H groups in total. The summed E-state index contributed by atoms with van der Waals surface area (Å²) in [5, 5.41) is 6.22. The van der Waals surface area contributed by atoms with E-state index < -0.39 is 29.6 Å². The molecular weight excluding hydrogens is 505 g/mol. The van der Waals surface area contributed by atoms with Gasteiger partial charge in [-0.1, -0.05) is 24.2 Å². The number of nitrogens with zero attached hydrogens (tertiary/aromatic N) is 5. The van der Waals surface area contributed by atoms with Gasteiger partial charge in [0.05, 0.1) is 11.6 Å². The molecule has 2 aromatic carbocycles. The van der Waals surface area contributed by atoms with Gasteiger partial charge in [-0.15, -0.1) is 10.2 Å². The molecule has 0 bridgehead atoms. The van der Waals surface area contributed by atoms with Crippen LogP contribution in [0, 0.1) is 11.6 Å². The van der Waals surface area contributed by atoms with E-state index in [0.717, 1.165) is 12.6 Å². The molecule has 0 aliphatic heterocycles. The maximum absolute atomic E-state index is 15.1. The van der Waals surface area contributed by atoms with E-state index in [-0.39, 0.29) is 22.7 Å². The lowest BCUT2D eigenvalue weighted by molar-refractivity contribution is -0.156. The zero-order valence-corrected chi connectivity index (χ0v) is 20.7. The Labute approximate surface area is 210 Å². The van der Waals surface area contributed by atoms with Crippen LogP contribution in [0.25, 0.3) is 11.5 Å². The molecule has 36 heavy (non-hydrogen) atoms. The second-order valence-electron chi connectivity index (χ2n) is 8.20. The summed E-state index contributed by atoms with van der Waals surface area (Å²) in [5.41, 5.74) is 0.695. The Bertz CT molecular complexity index is 1210. The summed E-state index contributed by atoms with van der Waals surface area (Å²) in [4.78, 5) is 5.69. The second kappa shape index (κ2) is 11.3. The van der Waals surface area contributed by atoms with Crippen LogP contribution >= 0.6 is 11.6 Å². The van der Waals surface area contributed by atoms with Crippen molar-refractivity contribution in [2.75, 3.05) is 38.6 Å². The number of likely N-dealkylation sites (N-methyl/N-ethyl adjacent to an activating group) is 2. The molecule has 0 saturated carbocycles. The van der Waals surface area contributed by atoms with Crippen molar-refractivity contribution in [2.45, 2.75) is 19.6 Å². The Morgan fingerprint density at radius 1 is 1.03 bits per heavy atom. The lowest BCUT2D eigenvalue weighted by Crippen LogP contribution is -2.38. The molecule has 0 aliphatic rings. The van der Waals surface area contributed by atoms with E-state index in [1.807, 2.05) is 30.8 Å². The van der Waals surface area contributed by atoms with E-state index in [1.165, 1.54) is 30.3 Å². The Balaban J connectivity index is 1.93. The van der Waals surface area contributed by atoms with Gasteiger partial charge in [-0.2, -0.15) is 13.2 Å². The van der Waals surface area contributed by atoms with E-state index in [9.17, 15) is 17.6 Å². The van der Waals surface area contributed by atoms with Crippen LogP contribution in [-0.2, 0) is 12.7 Å². The monoisotopic (exact) mass is 529 g/mol. The first-order valence-electron chi connectivity index (χ1n) is 10.9. The third-order valence-electron chi connectivity index (χ3n) is 5.39. The Morgan fingerprint density at radius 2 is 1.75 bits per heavy atom. The molecule has 1 aromatic heterocycles. The standard InChI is InChI=1S/C24H25ClF5N5O/c1-5-34(11-10-33(3)4)15(2)35(18-8-9-20(26)19(25)13-18)14-17-7-6-16(12-21(17)27)22-31-32-23(36-22)24(28,29)30/h6-9,12-13H,2,5,10-11,14H2,1,3-4H3. The number of hydrogen-bond acceptors (Lipinski definition) is 6. The van der Waals surface area contributed by atoms with Crippen LogP contribution in [0.1, 0.15) is 18.4 Å². The molecule has 6 nitrogen and oxygen atoms in total. The lowest BCUT2D eigenvalue weighted by atomic mass is 10.1. The minimum Gasteiger partial charge on any atom is -0.413 e. The largest absolute Gasteiger partial charge is 0.470 e. The summed E-state index contributed by atoms with van der Waals surface area (Å²) in [7, 11) is 3.87. The van der Waals surface area contributed by atoms with Gasteiger partial charge in [-0.05, 0) is 51.4 Å². The number of aromatic nitrogens is 2. The van der Waals surface area contributed by atoms with Gasteiger partial charge in [-0.3, -0.25) is 0 Å². The predicted molar refractivity (Wildman–Crippen MR) is 127 cm³/mol. The van der Waals surface area contributed by atoms with Crippen molar-refractivity contribution >= 4 is 17.3 Å². The van der Waals surface area contributed by atoms with E-state index in [0.29, 0.717) is 24.6 Å². The summed E-state index contributed by atoms with van der Waals surface area (Å²) in [6.45, 7) is 8.10. The fourth-order valence-corrected chi connectivity index (χ4v) is 3.55. The predicted octanol–water partition coefficient (Wildman–Crippen LogP) is 6.05. The third kappa shape index (κ3) is 6.52. The van der Waals surface area contributed by atoms with E-state index in [1.54, 1.807) is 4.90 Å². The molecule has 0 spiro atoms. The smallest absolute Gasteiger partial charge is 0.413 e. The van der Waals surface area contributed by atoms with Crippen LogP contribution in [0.2, 0.25) is 5.02 Å². The van der Waals surface area contributed by atoms with Gasteiger partial charge < -0.3 is 19.1 Å². The molecule has 194 valence electrons. The fourth-order valence-electron chi connectivity index (χ4n) is 3.38. The zero-order chi connectivity index (χ0) is 26.6. The van der Waals surface area contributed by atoms with Crippen LogP contribution in [0.3, 0.4) is 0 Å². The van der Waals surface area contributed by atoms with Crippen LogP contribution in [-0.4, -0.2) is 53.7 Å². The summed E-state index contributed by atoms with van der Waals surface area (Å²) in [6, 6.07) is 7.95. The molecule has 0 aliphatic carbocycles. The number of benzene rings is 2. The van der Waals surface area contributed by atoms with Gasteiger partial charge in [0.15, 0.2) is 0 Å². The molecule has 0 atom stereocenters. The van der Waals surface area contributed by atoms with E-state index in [4.69, 9.17) is 11.6 Å². The van der Waals surface area contributed by atoms with Crippen LogP contribution in [0.5, 0.6) is 0 Å². The minimum absolute atomic E-state index is 0.00405. The molecule has 3 rings (SSSR count). The molecule has 0 unspecified atom stereocenters. The van der Waals surface area contributed by atoms with Gasteiger partial charge in [-0.25, -0.2) is 8.78 Å². The molecule has 1 heterocycles. The zero-order valence-electron chi connectivity index (χ0n) is 19.9. The number of anilines is 1. The van der Waals surface area contributed by atoms with E-state index >= 15 is 4.39 Å². The topological polar surface area (TPSA) is 48.6 Å². The Morgan fingerprint density at radius 3 is 2.31 bits per heavy atom. The fraction of sp³-hybridized carbons (Fsp3) is 0.333. The molecule has 0 fully saturated rings. The molecule has 12 heteroatoms. The maximum atomic E-state index is 15.1. The number of halogens is 6. The van der Waals surface area contributed by atoms with Crippen molar-refractivity contribution in [1.82, 2.24) is 20.0 Å². The number of alkyl halides is 3. The number of hydrogen-bond donors (Lipinski definition) is 0. The molecular formula is C24H25ClF5N5O. The molecule has 3 aromatic rings. The number of rotatable bonds is 10. The average molecular weight is 530 g/mol. The van der Waals surface area contributed by atoms with Crippen LogP contribution in [0.15, 0.2) is 53.2 Å². The molecule has 0 radical (unpaired) electrons. The first kappa shape index (κ1) is 27.4. The first-order valence-corrected chi connectivity index (χ1v) is 11.3. The Hall–Kier alpha value is -3.18. The highest BCUT2D eigenvalue weighted by molar-refractivity contribution is 6.31. The normalized spacial score (nSPS) is 11.7. The van der Waals surface area contributed by atoms with Crippen molar-refractivity contribution in [3.63, 3.8) is 0 Å². The quantitative estimate of drug-likeness (QED) is 0.298. The molecule has 0 amide bonds. The summed E-state index contributed by atoms with van der Waals surface area (Å²) < 4.78 is 71.9. The first-order chi connectivity index (χ1) is 16.9. The summed E-state index contributed by atoms with van der Waals surface area (Å²) in [6.07, 6.45) is -4.81. The third-order valence-corrected chi connectivity index (χ3v) is 5.68. The van der Waals surface area contributed by atoms with Gasteiger partial charge in [0.2, 0.25) is 5.89 Å². The highest BCUT2D eigenvalue weighted by atomic mass is 35.5. The van der Waals surface area contributed by atoms with Crippen molar-refractivity contribution in [3.05, 3.63) is 76.9 Å². The van der Waals surface area contributed by atoms with Gasteiger partial charge in [0.1, 0.15) is 17.5 Å². The Kier molecular flexibility index (Phi) is 8.57. The molecule has 0 saturated heterocycles. The van der Waals surface area contributed by atoms with Crippen molar-refractivity contribution < 1.29 is 26.4 Å². The van der Waals surface area contributed by atoms with Crippen LogP contribution in [0.4, 0.5) is 27.6 Å². The summed E-state index contributed by atoms with van der Waals surface area (Å²) in [5.74, 6) is -2.74. The van der Waals surface area contributed by atoms with Gasteiger partial charge in [0.25, 0.3) is 0 Å². The highest BCUT2D eigenvalue weighted by Crippen LogP contribution is 2.32. The average Bonchev–Trinajstić information content (AvgIpc) is 3.31. The second-order valence-corrected chi connectivity index (χ2v) is 8.61. The van der Waals surface area contributed by atoms with E-state index in [2.05, 4.69) is 21.2 Å². The lowest BCUT2D eigenvalue weighted by Gasteiger charge is -2.35. The van der Waals surface area contributed by atoms with Crippen LogP contribution < -0.4 is 4.90 Å². The van der Waals surface area contributed by atoms with Gasteiger partial charge in [0, 0.05) is 36.4 Å². The highest BCUT2D eigenvalue weighted by Gasteiger charge is 2.38.